The van der Waals surface area contributed by atoms with Gasteiger partial charge in [-0.05, 0) is 13.2 Å². The van der Waals surface area contributed by atoms with E-state index in [0.717, 1.165) is 5.04 Å². The molecule has 0 saturated heterocycles. The molecule has 0 heterocycles. The largest absolute Gasteiger partial charge is 0.196 e. The van der Waals surface area contributed by atoms with Gasteiger partial charge >= 0.3 is 0 Å². The highest BCUT2D eigenvalue weighted by Crippen LogP contribution is 1.93. The van der Waals surface area contributed by atoms with Crippen molar-refractivity contribution in [3.8, 4) is 12.5 Å². The molecule has 0 aromatic carbocycles. The first-order valence-electron chi connectivity index (χ1n) is 1.85. The topological polar surface area (TPSA) is 12.4 Å². The Bertz CT molecular complexity index is 110. The number of hydrogen-bond donors (Lipinski definition) is 0. The number of hydrogen-bond acceptors (Lipinski definition) is 2. The Kier molecular flexibility index (Phi) is 3.53. The third-order valence-electron chi connectivity index (χ3n) is 0.517. The molecule has 0 aliphatic carbocycles. The fourth-order valence-electron chi connectivity index (χ4n) is 0.137. The highest BCUT2D eigenvalue weighted by molar-refractivity contribution is 8.13. The van der Waals surface area contributed by atoms with Gasteiger partial charge in [0.15, 0.2) is 0 Å². The summed E-state index contributed by atoms with van der Waals surface area (Å²) in [5, 5.41) is 0.933. The van der Waals surface area contributed by atoms with Crippen LogP contribution in [0.2, 0.25) is 0 Å². The van der Waals surface area contributed by atoms with Gasteiger partial charge in [0.1, 0.15) is 0 Å². The fraction of sp³-hybridized carbons (Fsp3) is 0.400. The monoisotopic (exact) mass is 113 g/mol. The Hall–Kier alpha value is -0.420. The van der Waals surface area contributed by atoms with Crippen LogP contribution >= 0.6 is 11.8 Å². The molecule has 0 aliphatic rings. The summed E-state index contributed by atoms with van der Waals surface area (Å²) in [4.78, 5) is 3.65. The van der Waals surface area contributed by atoms with Gasteiger partial charge in [-0.2, -0.15) is 4.99 Å². The van der Waals surface area contributed by atoms with Crippen molar-refractivity contribution in [2.75, 3.05) is 6.26 Å². The molecule has 0 radical (unpaired) electrons. The summed E-state index contributed by atoms with van der Waals surface area (Å²) < 4.78 is 0. The van der Waals surface area contributed by atoms with E-state index in [1.807, 2.05) is 13.2 Å². The Morgan fingerprint density at radius 1 is 1.86 bits per heavy atom. The van der Waals surface area contributed by atoms with E-state index in [-0.39, 0.29) is 0 Å². The standard InChI is InChI=1S/C5H7NS/c1-4-6-5(2)7-3/h1H,2-3H3. The summed E-state index contributed by atoms with van der Waals surface area (Å²) in [6.45, 7) is 1.88. The minimum Gasteiger partial charge on any atom is -0.196 e. The SMILES string of the molecule is C#CN=C(C)SC. The molecule has 0 fully saturated rings. The van der Waals surface area contributed by atoms with Crippen molar-refractivity contribution in [1.82, 2.24) is 0 Å². The van der Waals surface area contributed by atoms with Gasteiger partial charge < -0.3 is 0 Å². The van der Waals surface area contributed by atoms with Gasteiger partial charge in [0.25, 0.3) is 0 Å². The van der Waals surface area contributed by atoms with Gasteiger partial charge in [-0.3, -0.25) is 0 Å². The van der Waals surface area contributed by atoms with Crippen molar-refractivity contribution < 1.29 is 0 Å². The van der Waals surface area contributed by atoms with Crippen molar-refractivity contribution in [3.05, 3.63) is 0 Å². The van der Waals surface area contributed by atoms with E-state index in [4.69, 9.17) is 6.42 Å². The van der Waals surface area contributed by atoms with Crippen LogP contribution in [0, 0.1) is 12.5 Å². The first kappa shape index (κ1) is 6.58. The molecular weight excluding hydrogens is 106 g/mol. The van der Waals surface area contributed by atoms with Gasteiger partial charge in [0, 0.05) is 6.04 Å². The number of aliphatic imine (C=N–C) groups is 1. The molecule has 0 unspecified atom stereocenters. The van der Waals surface area contributed by atoms with Crippen LogP contribution in [0.15, 0.2) is 4.99 Å². The van der Waals surface area contributed by atoms with E-state index in [9.17, 15) is 0 Å². The van der Waals surface area contributed by atoms with Gasteiger partial charge in [-0.25, -0.2) is 0 Å². The third kappa shape index (κ3) is 3.41. The van der Waals surface area contributed by atoms with Crippen molar-refractivity contribution in [3.63, 3.8) is 0 Å². The average molecular weight is 113 g/mol. The van der Waals surface area contributed by atoms with Gasteiger partial charge in [-0.15, -0.1) is 11.8 Å². The molecule has 0 atom stereocenters. The third-order valence-corrected chi connectivity index (χ3v) is 1.20. The molecule has 7 heavy (non-hydrogen) atoms. The lowest BCUT2D eigenvalue weighted by Crippen LogP contribution is -1.76. The van der Waals surface area contributed by atoms with E-state index < -0.39 is 0 Å². The number of rotatable bonds is 0. The molecular formula is C5H7NS. The molecule has 2 heteroatoms. The molecule has 0 bridgehead atoms. The van der Waals surface area contributed by atoms with Crippen LogP contribution in [0.4, 0.5) is 0 Å². The first-order valence-corrected chi connectivity index (χ1v) is 3.07. The molecule has 1 nitrogen and oxygen atoms in total. The van der Waals surface area contributed by atoms with Gasteiger partial charge in [-0.1, -0.05) is 6.42 Å². The summed E-state index contributed by atoms with van der Waals surface area (Å²) in [6.07, 6.45) is 6.79. The minimum absolute atomic E-state index is 0.933. The molecule has 0 saturated carbocycles. The Balaban J connectivity index is 3.56. The molecule has 0 spiro atoms. The molecule has 0 rings (SSSR count). The summed E-state index contributed by atoms with van der Waals surface area (Å²) in [7, 11) is 0. The Morgan fingerprint density at radius 3 is 2.57 bits per heavy atom. The molecule has 0 aromatic rings. The maximum atomic E-state index is 4.85. The van der Waals surface area contributed by atoms with Crippen LogP contribution in [0.5, 0.6) is 0 Å². The van der Waals surface area contributed by atoms with Crippen LogP contribution in [-0.2, 0) is 0 Å². The number of terminal acetylenes is 1. The molecule has 0 aromatic heterocycles. The Morgan fingerprint density at radius 2 is 2.43 bits per heavy atom. The van der Waals surface area contributed by atoms with E-state index in [0.29, 0.717) is 0 Å². The van der Waals surface area contributed by atoms with E-state index in [1.165, 1.54) is 0 Å². The second-order valence-corrected chi connectivity index (χ2v) is 1.96. The highest BCUT2D eigenvalue weighted by atomic mass is 32.2. The first-order chi connectivity index (χ1) is 3.31. The summed E-state index contributed by atoms with van der Waals surface area (Å²) in [6, 6.07) is 2.19. The maximum Gasteiger partial charge on any atom is 0.0805 e. The van der Waals surface area contributed by atoms with Crippen LogP contribution in [0.1, 0.15) is 6.92 Å². The summed E-state index contributed by atoms with van der Waals surface area (Å²) in [5.74, 6) is 0. The van der Waals surface area contributed by atoms with Gasteiger partial charge in [0.2, 0.25) is 0 Å². The fourth-order valence-corrected chi connectivity index (χ4v) is 0.281. The lowest BCUT2D eigenvalue weighted by Gasteiger charge is -1.82. The number of nitrogens with zero attached hydrogens (tertiary/aromatic N) is 1. The lowest BCUT2D eigenvalue weighted by atomic mass is 10.9. The minimum atomic E-state index is 0.933. The van der Waals surface area contributed by atoms with Crippen molar-refractivity contribution >= 4 is 16.8 Å². The van der Waals surface area contributed by atoms with Crippen LogP contribution in [0.25, 0.3) is 0 Å². The lowest BCUT2D eigenvalue weighted by molar-refractivity contribution is 1.68. The molecule has 0 N–H and O–H groups in total. The molecule has 38 valence electrons. The molecule has 0 amide bonds. The van der Waals surface area contributed by atoms with Crippen LogP contribution in [-0.4, -0.2) is 11.3 Å². The molecule has 0 aliphatic heterocycles. The van der Waals surface area contributed by atoms with Crippen molar-refractivity contribution in [1.29, 1.82) is 0 Å². The predicted octanol–water partition coefficient (Wildman–Crippen LogP) is 1.36. The van der Waals surface area contributed by atoms with Crippen molar-refractivity contribution in [2.24, 2.45) is 4.99 Å². The number of thioether (sulfide) groups is 1. The van der Waals surface area contributed by atoms with E-state index in [1.54, 1.807) is 11.8 Å². The van der Waals surface area contributed by atoms with E-state index >= 15 is 0 Å². The zero-order chi connectivity index (χ0) is 5.70. The predicted molar refractivity (Wildman–Crippen MR) is 35.5 cm³/mol. The zero-order valence-corrected chi connectivity index (χ0v) is 5.25. The van der Waals surface area contributed by atoms with E-state index in [2.05, 4.69) is 11.0 Å². The van der Waals surface area contributed by atoms with Crippen LogP contribution in [0.3, 0.4) is 0 Å². The van der Waals surface area contributed by atoms with Crippen LogP contribution < -0.4 is 0 Å². The summed E-state index contributed by atoms with van der Waals surface area (Å²) in [5.41, 5.74) is 0. The second kappa shape index (κ2) is 3.76. The highest BCUT2D eigenvalue weighted by Gasteiger charge is 1.77. The smallest absolute Gasteiger partial charge is 0.0805 e. The average Bonchev–Trinajstić information content (AvgIpc) is 1.68. The second-order valence-electron chi connectivity index (χ2n) is 0.964. The zero-order valence-electron chi connectivity index (χ0n) is 4.43. The Labute approximate surface area is 48.2 Å². The maximum absolute atomic E-state index is 4.85. The quantitative estimate of drug-likeness (QED) is 0.262. The normalized spacial score (nSPS) is 10.7. The summed E-state index contributed by atoms with van der Waals surface area (Å²) >= 11 is 1.56. The van der Waals surface area contributed by atoms with Crippen molar-refractivity contribution in [2.45, 2.75) is 6.92 Å². The van der Waals surface area contributed by atoms with Gasteiger partial charge in [0.05, 0.1) is 5.04 Å².